The maximum Gasteiger partial charge on any atom is 0.230 e. The molecule has 1 N–H and O–H groups in total. The average molecular weight is 404 g/mol. The monoisotopic (exact) mass is 404 g/mol. The number of anilines is 1. The van der Waals surface area contributed by atoms with Crippen molar-refractivity contribution in [3.8, 4) is 6.07 Å². The number of hydrogen-bond acceptors (Lipinski definition) is 4. The fourth-order valence-corrected chi connectivity index (χ4v) is 5.08. The van der Waals surface area contributed by atoms with Crippen molar-refractivity contribution in [3.63, 3.8) is 0 Å². The lowest BCUT2D eigenvalue weighted by Crippen LogP contribution is -2.39. The minimum Gasteiger partial charge on any atom is -0.338 e. The Morgan fingerprint density at radius 2 is 2.07 bits per heavy atom. The fraction of sp³-hybridized carbons (Fsp3) is 0.417. The molecule has 1 saturated carbocycles. The van der Waals surface area contributed by atoms with Gasteiger partial charge in [-0.3, -0.25) is 9.80 Å². The van der Waals surface area contributed by atoms with Crippen molar-refractivity contribution >= 4 is 11.6 Å². The molecule has 1 heterocycles. The largest absolute Gasteiger partial charge is 0.338 e. The van der Waals surface area contributed by atoms with Crippen LogP contribution in [0.2, 0.25) is 0 Å². The number of nitrogens with zero attached hydrogens (tertiary/aromatic N) is 3. The summed E-state index contributed by atoms with van der Waals surface area (Å²) in [5.74, 6) is -0.00134. The van der Waals surface area contributed by atoms with Crippen LogP contribution in [-0.2, 0) is 4.79 Å². The summed E-state index contributed by atoms with van der Waals surface area (Å²) in [5.41, 5.74) is 8.90. The topological polar surface area (TPSA) is 59.4 Å². The number of allylic oxidation sites excluding steroid dienone is 3. The summed E-state index contributed by atoms with van der Waals surface area (Å²) in [4.78, 5) is 15.4. The predicted molar refractivity (Wildman–Crippen MR) is 112 cm³/mol. The first kappa shape index (κ1) is 18.9. The first-order valence-corrected chi connectivity index (χ1v) is 10.7. The third kappa shape index (κ3) is 3.09. The Morgan fingerprint density at radius 1 is 1.30 bits per heavy atom. The van der Waals surface area contributed by atoms with Gasteiger partial charge in [-0.05, 0) is 67.2 Å². The van der Waals surface area contributed by atoms with Crippen molar-refractivity contribution in [2.45, 2.75) is 45.1 Å². The zero-order valence-electron chi connectivity index (χ0n) is 17.1. The van der Waals surface area contributed by atoms with Gasteiger partial charge in [-0.1, -0.05) is 6.92 Å². The van der Waals surface area contributed by atoms with Crippen molar-refractivity contribution in [2.24, 2.45) is 11.8 Å². The van der Waals surface area contributed by atoms with Crippen molar-refractivity contribution in [3.05, 3.63) is 64.8 Å². The SMILES string of the molecule is C[C@H]1C2=CNN(c3ccc(F)cc3)C2=CC2=C1[C@@H](C(=O)N(CCC#N)C1CC1)CC2. The molecule has 154 valence electrons. The smallest absolute Gasteiger partial charge is 0.230 e. The van der Waals surface area contributed by atoms with Crippen molar-refractivity contribution in [1.82, 2.24) is 10.3 Å². The van der Waals surface area contributed by atoms with Crippen LogP contribution >= 0.6 is 0 Å². The van der Waals surface area contributed by atoms with Gasteiger partial charge in [0.1, 0.15) is 5.82 Å². The molecule has 0 spiro atoms. The zero-order valence-corrected chi connectivity index (χ0v) is 17.1. The van der Waals surface area contributed by atoms with Gasteiger partial charge in [0.25, 0.3) is 0 Å². The number of hydrazine groups is 1. The number of carbonyl (C=O) groups excluding carboxylic acids is 1. The van der Waals surface area contributed by atoms with E-state index in [-0.39, 0.29) is 23.6 Å². The third-order valence-electron chi connectivity index (χ3n) is 6.70. The number of benzene rings is 1. The Labute approximate surface area is 176 Å². The van der Waals surface area contributed by atoms with E-state index in [9.17, 15) is 9.18 Å². The Hall–Kier alpha value is -3.07. The molecule has 2 atom stereocenters. The van der Waals surface area contributed by atoms with Crippen molar-refractivity contribution < 1.29 is 9.18 Å². The number of rotatable bonds is 5. The molecule has 1 fully saturated rings. The van der Waals surface area contributed by atoms with Gasteiger partial charge in [-0.25, -0.2) is 4.39 Å². The molecular weight excluding hydrogens is 379 g/mol. The molecule has 30 heavy (non-hydrogen) atoms. The second kappa shape index (κ2) is 7.32. The molecule has 5 nitrogen and oxygen atoms in total. The fourth-order valence-electron chi connectivity index (χ4n) is 5.08. The Bertz CT molecular complexity index is 1010. The van der Waals surface area contributed by atoms with Crippen LogP contribution < -0.4 is 10.4 Å². The van der Waals surface area contributed by atoms with E-state index < -0.39 is 0 Å². The minimum absolute atomic E-state index is 0.0899. The quantitative estimate of drug-likeness (QED) is 0.800. The van der Waals surface area contributed by atoms with E-state index in [1.807, 2.05) is 16.1 Å². The molecule has 4 aliphatic rings. The Kier molecular flexibility index (Phi) is 4.62. The van der Waals surface area contributed by atoms with Gasteiger partial charge in [0.05, 0.1) is 29.8 Å². The standard InChI is InChI=1S/C24H25FN4O/c1-15-21-14-27-29(19-6-4-17(25)5-7-19)22(21)13-16-3-10-20(23(15)16)24(30)28(12-2-11-26)18-8-9-18/h4-7,13-15,18,20,27H,2-3,8-10,12H2,1H3/t15-,20-/m0/s1. The predicted octanol–water partition coefficient (Wildman–Crippen LogP) is 4.18. The van der Waals surface area contributed by atoms with Crippen molar-refractivity contribution in [1.29, 1.82) is 5.26 Å². The molecule has 1 aliphatic heterocycles. The molecule has 1 amide bonds. The third-order valence-corrected chi connectivity index (χ3v) is 6.70. The highest BCUT2D eigenvalue weighted by molar-refractivity contribution is 5.84. The molecule has 5 rings (SSSR count). The van der Waals surface area contributed by atoms with Gasteiger partial charge in [0.15, 0.2) is 0 Å². The van der Waals surface area contributed by atoms with Gasteiger partial charge in [0.2, 0.25) is 5.91 Å². The molecule has 1 aromatic rings. The van der Waals surface area contributed by atoms with Crippen LogP contribution in [0.15, 0.2) is 59.0 Å². The van der Waals surface area contributed by atoms with Crippen LogP contribution in [0.3, 0.4) is 0 Å². The van der Waals surface area contributed by atoms with Gasteiger partial charge in [-0.2, -0.15) is 5.26 Å². The van der Waals surface area contributed by atoms with E-state index in [2.05, 4.69) is 24.5 Å². The summed E-state index contributed by atoms with van der Waals surface area (Å²) in [6.07, 6.45) is 8.41. The van der Waals surface area contributed by atoms with Crippen LogP contribution in [-0.4, -0.2) is 23.4 Å². The van der Waals surface area contributed by atoms with Gasteiger partial charge in [-0.15, -0.1) is 0 Å². The maximum atomic E-state index is 13.4. The first-order valence-electron chi connectivity index (χ1n) is 10.7. The van der Waals surface area contributed by atoms with Crippen molar-refractivity contribution in [2.75, 3.05) is 11.6 Å². The summed E-state index contributed by atoms with van der Waals surface area (Å²) >= 11 is 0. The van der Waals surface area contributed by atoms with Crippen LogP contribution in [0, 0.1) is 29.0 Å². The number of halogens is 1. The Balaban J connectivity index is 1.44. The maximum absolute atomic E-state index is 13.4. The molecular formula is C24H25FN4O. The van der Waals surface area contributed by atoms with Gasteiger partial charge in [0, 0.05) is 30.3 Å². The Morgan fingerprint density at radius 3 is 2.77 bits per heavy atom. The summed E-state index contributed by atoms with van der Waals surface area (Å²) in [5, 5.41) is 11.0. The average Bonchev–Trinajstić information content (AvgIpc) is 3.34. The highest BCUT2D eigenvalue weighted by Gasteiger charge is 2.43. The molecule has 0 saturated heterocycles. The van der Waals surface area contributed by atoms with Gasteiger partial charge < -0.3 is 10.3 Å². The summed E-state index contributed by atoms with van der Waals surface area (Å²) < 4.78 is 13.3. The van der Waals surface area contributed by atoms with Crippen LogP contribution in [0.25, 0.3) is 0 Å². The summed E-state index contributed by atoms with van der Waals surface area (Å²) in [6.45, 7) is 2.71. The number of nitrogens with one attached hydrogen (secondary N) is 1. The van der Waals surface area contributed by atoms with Crippen LogP contribution in [0.1, 0.15) is 39.0 Å². The van der Waals surface area contributed by atoms with E-state index in [1.165, 1.54) is 23.3 Å². The molecule has 0 radical (unpaired) electrons. The molecule has 3 aliphatic carbocycles. The van der Waals surface area contributed by atoms with Gasteiger partial charge >= 0.3 is 0 Å². The van der Waals surface area contributed by atoms with Crippen LogP contribution in [0.5, 0.6) is 0 Å². The number of carbonyl (C=O) groups is 1. The highest BCUT2D eigenvalue weighted by atomic mass is 19.1. The van der Waals surface area contributed by atoms with E-state index in [1.54, 1.807) is 12.1 Å². The molecule has 0 unspecified atom stereocenters. The minimum atomic E-state index is -0.254. The van der Waals surface area contributed by atoms with E-state index in [4.69, 9.17) is 5.26 Å². The molecule has 1 aromatic carbocycles. The van der Waals surface area contributed by atoms with Crippen LogP contribution in [0.4, 0.5) is 10.1 Å². The first-order chi connectivity index (χ1) is 14.6. The molecule has 0 bridgehead atoms. The second-order valence-corrected chi connectivity index (χ2v) is 8.53. The molecule has 6 heteroatoms. The second-order valence-electron chi connectivity index (χ2n) is 8.53. The van der Waals surface area contributed by atoms with E-state index in [0.717, 1.165) is 42.6 Å². The number of hydrogen-bond donors (Lipinski definition) is 1. The number of nitriles is 1. The number of fused-ring (bicyclic) bond motifs is 1. The summed E-state index contributed by atoms with van der Waals surface area (Å²) in [6, 6.07) is 8.95. The normalized spacial score (nSPS) is 24.5. The lowest BCUT2D eigenvalue weighted by Gasteiger charge is -2.31. The lowest BCUT2D eigenvalue weighted by molar-refractivity contribution is -0.135. The zero-order chi connectivity index (χ0) is 20.8. The molecule has 0 aromatic heterocycles. The lowest BCUT2D eigenvalue weighted by atomic mass is 9.80. The highest BCUT2D eigenvalue weighted by Crippen LogP contribution is 2.48. The van der Waals surface area contributed by atoms with E-state index in [0.29, 0.717) is 19.0 Å². The van der Waals surface area contributed by atoms with E-state index >= 15 is 0 Å². The summed E-state index contributed by atoms with van der Waals surface area (Å²) in [7, 11) is 0. The number of amides is 1.